The number of likely N-dealkylation sites (tertiary alicyclic amines) is 1. The van der Waals surface area contributed by atoms with Crippen molar-refractivity contribution < 1.29 is 14.0 Å². The quantitative estimate of drug-likeness (QED) is 0.929. The van der Waals surface area contributed by atoms with E-state index in [9.17, 15) is 14.0 Å². The zero-order chi connectivity index (χ0) is 16.1. The Morgan fingerprint density at radius 1 is 1.32 bits per heavy atom. The number of rotatable bonds is 4. The van der Waals surface area contributed by atoms with Crippen LogP contribution in [0, 0.1) is 17.7 Å². The highest BCUT2D eigenvalue weighted by Gasteiger charge is 2.28. The fourth-order valence-corrected chi connectivity index (χ4v) is 2.60. The number of carbonyl (C=O) groups excluding carboxylic acids is 2. The van der Waals surface area contributed by atoms with Crippen molar-refractivity contribution in [3.63, 3.8) is 0 Å². The molecule has 1 saturated heterocycles. The maximum absolute atomic E-state index is 12.9. The van der Waals surface area contributed by atoms with Crippen molar-refractivity contribution in [2.45, 2.75) is 26.7 Å². The lowest BCUT2D eigenvalue weighted by Crippen LogP contribution is -2.46. The Morgan fingerprint density at radius 3 is 2.64 bits per heavy atom. The molecule has 0 aromatic heterocycles. The van der Waals surface area contributed by atoms with Gasteiger partial charge >= 0.3 is 0 Å². The van der Waals surface area contributed by atoms with Crippen LogP contribution in [0.25, 0.3) is 0 Å². The average molecular weight is 306 g/mol. The average Bonchev–Trinajstić information content (AvgIpc) is 2.52. The highest BCUT2D eigenvalue weighted by atomic mass is 19.1. The van der Waals surface area contributed by atoms with Crippen molar-refractivity contribution in [3.8, 4) is 0 Å². The molecule has 1 aromatic rings. The molecule has 2 amide bonds. The van der Waals surface area contributed by atoms with Gasteiger partial charge < -0.3 is 10.2 Å². The third-order valence-electron chi connectivity index (χ3n) is 3.86. The Balaban J connectivity index is 1.96. The summed E-state index contributed by atoms with van der Waals surface area (Å²) in [6, 6.07) is 5.54. The second kappa shape index (κ2) is 7.38. The van der Waals surface area contributed by atoms with E-state index in [0.29, 0.717) is 31.1 Å². The van der Waals surface area contributed by atoms with E-state index in [-0.39, 0.29) is 23.5 Å². The zero-order valence-electron chi connectivity index (χ0n) is 13.1. The summed E-state index contributed by atoms with van der Waals surface area (Å²) in [5.74, 6) is -0.228. The molecule has 2 rings (SSSR count). The maximum Gasteiger partial charge on any atom is 0.253 e. The van der Waals surface area contributed by atoms with Gasteiger partial charge in [-0.3, -0.25) is 9.59 Å². The third-order valence-corrected chi connectivity index (χ3v) is 3.86. The minimum atomic E-state index is -0.360. The van der Waals surface area contributed by atoms with E-state index in [2.05, 4.69) is 5.32 Å². The van der Waals surface area contributed by atoms with Gasteiger partial charge in [-0.25, -0.2) is 4.39 Å². The zero-order valence-corrected chi connectivity index (χ0v) is 13.1. The molecule has 120 valence electrons. The number of hydrogen-bond donors (Lipinski definition) is 1. The third kappa shape index (κ3) is 4.29. The molecule has 1 aliphatic heterocycles. The monoisotopic (exact) mass is 306 g/mol. The van der Waals surface area contributed by atoms with Crippen LogP contribution in [0.15, 0.2) is 24.3 Å². The van der Waals surface area contributed by atoms with Crippen molar-refractivity contribution in [1.29, 1.82) is 0 Å². The number of carbonyl (C=O) groups is 2. The topological polar surface area (TPSA) is 49.4 Å². The molecule has 0 saturated carbocycles. The van der Waals surface area contributed by atoms with Gasteiger partial charge in [0, 0.05) is 25.2 Å². The Bertz CT molecular complexity index is 528. The van der Waals surface area contributed by atoms with E-state index < -0.39 is 0 Å². The van der Waals surface area contributed by atoms with E-state index in [1.165, 1.54) is 24.3 Å². The fraction of sp³-hybridized carbons (Fsp3) is 0.529. The first-order valence-corrected chi connectivity index (χ1v) is 7.80. The van der Waals surface area contributed by atoms with E-state index in [1.54, 1.807) is 4.90 Å². The summed E-state index contributed by atoms with van der Waals surface area (Å²) in [5, 5.41) is 2.93. The molecule has 1 heterocycles. The van der Waals surface area contributed by atoms with Crippen LogP contribution in [0.4, 0.5) is 4.39 Å². The number of piperidine rings is 1. The molecular formula is C17H23FN2O2. The maximum atomic E-state index is 12.9. The molecule has 22 heavy (non-hydrogen) atoms. The van der Waals surface area contributed by atoms with Crippen LogP contribution in [0.5, 0.6) is 0 Å². The van der Waals surface area contributed by atoms with Crippen molar-refractivity contribution in [3.05, 3.63) is 35.6 Å². The molecule has 0 radical (unpaired) electrons. The largest absolute Gasteiger partial charge is 0.356 e. The summed E-state index contributed by atoms with van der Waals surface area (Å²) in [6.07, 6.45) is 1.61. The van der Waals surface area contributed by atoms with Crippen molar-refractivity contribution in [2.24, 2.45) is 11.8 Å². The normalized spacial score (nSPS) is 18.4. The predicted octanol–water partition coefficient (Wildman–Crippen LogP) is 2.45. The van der Waals surface area contributed by atoms with E-state index in [4.69, 9.17) is 0 Å². The summed E-state index contributed by atoms with van der Waals surface area (Å²) < 4.78 is 12.9. The van der Waals surface area contributed by atoms with Gasteiger partial charge in [-0.2, -0.15) is 0 Å². The van der Waals surface area contributed by atoms with E-state index >= 15 is 0 Å². The van der Waals surface area contributed by atoms with Crippen LogP contribution in [0.3, 0.4) is 0 Å². The van der Waals surface area contributed by atoms with Crippen LogP contribution in [-0.4, -0.2) is 36.3 Å². The summed E-state index contributed by atoms with van der Waals surface area (Å²) in [7, 11) is 0. The Labute approximate surface area is 130 Å². The smallest absolute Gasteiger partial charge is 0.253 e. The van der Waals surface area contributed by atoms with Crippen LogP contribution in [0.1, 0.15) is 37.0 Å². The summed E-state index contributed by atoms with van der Waals surface area (Å²) in [5.41, 5.74) is 0.463. The minimum Gasteiger partial charge on any atom is -0.356 e. The standard InChI is InChI=1S/C17H23FN2O2/c1-12(2)10-19-16(21)14-4-3-9-20(11-14)17(22)13-5-7-15(18)8-6-13/h5-8,12,14H,3-4,9-11H2,1-2H3,(H,19,21)/t14-/m1/s1. The molecule has 0 spiro atoms. The highest BCUT2D eigenvalue weighted by molar-refractivity contribution is 5.94. The van der Waals surface area contributed by atoms with Gasteiger partial charge in [-0.15, -0.1) is 0 Å². The van der Waals surface area contributed by atoms with Gasteiger partial charge in [0.25, 0.3) is 5.91 Å². The van der Waals surface area contributed by atoms with Crippen molar-refractivity contribution in [1.82, 2.24) is 10.2 Å². The van der Waals surface area contributed by atoms with Gasteiger partial charge in [0.15, 0.2) is 0 Å². The second-order valence-corrected chi connectivity index (χ2v) is 6.24. The first-order chi connectivity index (χ1) is 10.5. The van der Waals surface area contributed by atoms with Crippen LogP contribution in [-0.2, 0) is 4.79 Å². The summed E-state index contributed by atoms with van der Waals surface area (Å²) in [4.78, 5) is 26.3. The molecule has 0 aliphatic carbocycles. The van der Waals surface area contributed by atoms with Gasteiger partial charge in [-0.05, 0) is 43.0 Å². The van der Waals surface area contributed by atoms with Crippen molar-refractivity contribution in [2.75, 3.05) is 19.6 Å². The lowest BCUT2D eigenvalue weighted by molar-refractivity contribution is -0.126. The predicted molar refractivity (Wildman–Crippen MR) is 82.9 cm³/mol. The second-order valence-electron chi connectivity index (χ2n) is 6.24. The first kappa shape index (κ1) is 16.5. The molecule has 1 atom stereocenters. The minimum absolute atomic E-state index is 0.0188. The molecule has 1 fully saturated rings. The van der Waals surface area contributed by atoms with Crippen LogP contribution < -0.4 is 5.32 Å². The highest BCUT2D eigenvalue weighted by Crippen LogP contribution is 2.19. The Kier molecular flexibility index (Phi) is 5.52. The Hall–Kier alpha value is -1.91. The molecule has 1 aliphatic rings. The molecule has 1 N–H and O–H groups in total. The lowest BCUT2D eigenvalue weighted by Gasteiger charge is -2.32. The number of hydrogen-bond acceptors (Lipinski definition) is 2. The Morgan fingerprint density at radius 2 is 2.00 bits per heavy atom. The number of benzene rings is 1. The number of nitrogens with one attached hydrogen (secondary N) is 1. The van der Waals surface area contributed by atoms with Gasteiger partial charge in [0.2, 0.25) is 5.91 Å². The first-order valence-electron chi connectivity index (χ1n) is 7.80. The van der Waals surface area contributed by atoms with E-state index in [0.717, 1.165) is 12.8 Å². The van der Waals surface area contributed by atoms with E-state index in [1.807, 2.05) is 13.8 Å². The molecular weight excluding hydrogens is 283 g/mol. The lowest BCUT2D eigenvalue weighted by atomic mass is 9.96. The van der Waals surface area contributed by atoms with Gasteiger partial charge in [0.05, 0.1) is 5.92 Å². The van der Waals surface area contributed by atoms with Gasteiger partial charge in [-0.1, -0.05) is 13.8 Å². The SMILES string of the molecule is CC(C)CNC(=O)[C@@H]1CCCN(C(=O)c2ccc(F)cc2)C1. The molecule has 0 unspecified atom stereocenters. The summed E-state index contributed by atoms with van der Waals surface area (Å²) >= 11 is 0. The number of amides is 2. The number of halogens is 1. The fourth-order valence-electron chi connectivity index (χ4n) is 2.60. The summed E-state index contributed by atoms with van der Waals surface area (Å²) in [6.45, 7) is 5.82. The van der Waals surface area contributed by atoms with Crippen LogP contribution in [0.2, 0.25) is 0 Å². The molecule has 5 heteroatoms. The number of nitrogens with zero attached hydrogens (tertiary/aromatic N) is 1. The molecule has 0 bridgehead atoms. The van der Waals surface area contributed by atoms with Crippen molar-refractivity contribution >= 4 is 11.8 Å². The van der Waals surface area contributed by atoms with Crippen LogP contribution >= 0.6 is 0 Å². The molecule has 4 nitrogen and oxygen atoms in total. The molecule has 1 aromatic carbocycles. The van der Waals surface area contributed by atoms with Gasteiger partial charge in [0.1, 0.15) is 5.82 Å².